The molecule has 1 N–H and O–H groups in total. The van der Waals surface area contributed by atoms with Gasteiger partial charge in [-0.3, -0.25) is 4.79 Å². The van der Waals surface area contributed by atoms with Crippen molar-refractivity contribution in [1.82, 2.24) is 5.32 Å². The molecule has 0 aliphatic heterocycles. The number of methoxy groups -OCH3 is 1. The summed E-state index contributed by atoms with van der Waals surface area (Å²) < 4.78 is 32.4. The van der Waals surface area contributed by atoms with Crippen LogP contribution in [-0.2, 0) is 18.6 Å². The molecule has 118 valence electrons. The number of carbonyl (C=O) groups excluding carboxylic acids is 1. The molecule has 1 rings (SSSR count). The first-order valence-electron chi connectivity index (χ1n) is 5.58. The van der Waals surface area contributed by atoms with Crippen LogP contribution >= 0.6 is 33.9 Å². The highest BCUT2D eigenvalue weighted by Crippen LogP contribution is 2.34. The van der Waals surface area contributed by atoms with Gasteiger partial charge in [0.05, 0.1) is 16.7 Å². The second-order valence-electron chi connectivity index (χ2n) is 3.78. The van der Waals surface area contributed by atoms with Crippen molar-refractivity contribution >= 4 is 48.8 Å². The Labute approximate surface area is 136 Å². The van der Waals surface area contributed by atoms with E-state index in [0.29, 0.717) is 13.2 Å². The van der Waals surface area contributed by atoms with Gasteiger partial charge in [-0.25, -0.2) is 8.42 Å². The molecule has 0 fully saturated rings. The lowest BCUT2D eigenvalue weighted by Gasteiger charge is -2.10. The molecule has 0 aliphatic rings. The van der Waals surface area contributed by atoms with Gasteiger partial charge in [0.25, 0.3) is 15.0 Å². The van der Waals surface area contributed by atoms with Crippen molar-refractivity contribution in [3.63, 3.8) is 0 Å². The molecule has 0 aromatic heterocycles. The van der Waals surface area contributed by atoms with Crippen molar-refractivity contribution in [3.8, 4) is 5.75 Å². The molecule has 0 atom stereocenters. The highest BCUT2D eigenvalue weighted by Gasteiger charge is 2.18. The summed E-state index contributed by atoms with van der Waals surface area (Å²) in [6.45, 7) is 0.421. The van der Waals surface area contributed by atoms with E-state index in [2.05, 4.69) is 5.32 Å². The zero-order valence-corrected chi connectivity index (χ0v) is 13.9. The van der Waals surface area contributed by atoms with Crippen molar-refractivity contribution in [3.05, 3.63) is 22.2 Å². The molecule has 1 aromatic rings. The third kappa shape index (κ3) is 5.88. The summed E-state index contributed by atoms with van der Waals surface area (Å²) in [5.41, 5.74) is 0. The molecule has 0 saturated carbocycles. The van der Waals surface area contributed by atoms with Gasteiger partial charge in [-0.1, -0.05) is 23.2 Å². The maximum Gasteiger partial charge on any atom is 0.262 e. The van der Waals surface area contributed by atoms with Crippen LogP contribution in [0, 0.1) is 0 Å². The highest BCUT2D eigenvalue weighted by atomic mass is 35.7. The summed E-state index contributed by atoms with van der Waals surface area (Å²) in [6, 6.07) is 2.24. The van der Waals surface area contributed by atoms with Gasteiger partial charge in [0.2, 0.25) is 0 Å². The quantitative estimate of drug-likeness (QED) is 0.582. The number of rotatable bonds is 7. The van der Waals surface area contributed by atoms with Crippen molar-refractivity contribution in [2.75, 3.05) is 26.9 Å². The zero-order chi connectivity index (χ0) is 16.0. The number of hydrogen-bond donors (Lipinski definition) is 1. The highest BCUT2D eigenvalue weighted by molar-refractivity contribution is 8.13. The van der Waals surface area contributed by atoms with Gasteiger partial charge in [-0.2, -0.15) is 0 Å². The van der Waals surface area contributed by atoms with Crippen molar-refractivity contribution in [2.24, 2.45) is 0 Å². The van der Waals surface area contributed by atoms with E-state index in [1.54, 1.807) is 0 Å². The predicted octanol–water partition coefficient (Wildman–Crippen LogP) is 2.06. The van der Waals surface area contributed by atoms with Crippen LogP contribution in [0.4, 0.5) is 0 Å². The number of hydrogen-bond acceptors (Lipinski definition) is 5. The summed E-state index contributed by atoms with van der Waals surface area (Å²) in [5.74, 6) is -0.305. The molecular formula is C11H12Cl3NO5S. The maximum atomic E-state index is 11.4. The Kier molecular flexibility index (Phi) is 7.02. The Morgan fingerprint density at radius 1 is 1.29 bits per heavy atom. The van der Waals surface area contributed by atoms with E-state index in [1.807, 2.05) is 0 Å². The molecule has 1 amide bonds. The van der Waals surface area contributed by atoms with Crippen LogP contribution in [0.2, 0.25) is 10.0 Å². The van der Waals surface area contributed by atoms with E-state index in [9.17, 15) is 13.2 Å². The van der Waals surface area contributed by atoms with Gasteiger partial charge in [0.15, 0.2) is 6.61 Å². The molecule has 0 spiro atoms. The Bertz CT molecular complexity index is 621. The third-order valence-electron chi connectivity index (χ3n) is 2.24. The minimum atomic E-state index is -4.01. The standard InChI is InChI=1S/C11H12Cl3NO5S/c1-19-3-2-15-11(16)6-20-9-4-8(13)10(5-7(9)12)21(14,17)18/h4-5H,2-3,6H2,1H3,(H,15,16). The average molecular weight is 377 g/mol. The molecule has 10 heteroatoms. The van der Waals surface area contributed by atoms with E-state index in [4.69, 9.17) is 43.4 Å². The largest absolute Gasteiger partial charge is 0.482 e. The summed E-state index contributed by atoms with van der Waals surface area (Å²) in [7, 11) is 2.70. The van der Waals surface area contributed by atoms with Crippen LogP contribution in [-0.4, -0.2) is 41.2 Å². The summed E-state index contributed by atoms with van der Waals surface area (Å²) in [6.07, 6.45) is 0. The minimum Gasteiger partial charge on any atom is -0.482 e. The Balaban J connectivity index is 2.73. The van der Waals surface area contributed by atoms with Gasteiger partial charge >= 0.3 is 0 Å². The van der Waals surface area contributed by atoms with Crippen LogP contribution in [0.1, 0.15) is 0 Å². The molecule has 6 nitrogen and oxygen atoms in total. The van der Waals surface area contributed by atoms with Crippen LogP contribution in [0.3, 0.4) is 0 Å². The summed E-state index contributed by atoms with van der Waals surface area (Å²) >= 11 is 11.6. The lowest BCUT2D eigenvalue weighted by Crippen LogP contribution is -2.31. The van der Waals surface area contributed by atoms with Gasteiger partial charge in [0, 0.05) is 30.4 Å². The van der Waals surface area contributed by atoms with E-state index < -0.39 is 9.05 Å². The number of nitrogens with one attached hydrogen (secondary N) is 1. The van der Waals surface area contributed by atoms with Crippen LogP contribution in [0.25, 0.3) is 0 Å². The Morgan fingerprint density at radius 2 is 1.95 bits per heavy atom. The number of halogens is 3. The smallest absolute Gasteiger partial charge is 0.262 e. The normalized spacial score (nSPS) is 11.2. The van der Waals surface area contributed by atoms with E-state index in [-0.39, 0.29) is 33.2 Å². The molecule has 0 bridgehead atoms. The van der Waals surface area contributed by atoms with Crippen molar-refractivity contribution in [1.29, 1.82) is 0 Å². The molecule has 0 unspecified atom stereocenters. The van der Waals surface area contributed by atoms with Gasteiger partial charge in [-0.15, -0.1) is 0 Å². The minimum absolute atomic E-state index is 0.0247. The van der Waals surface area contributed by atoms with Gasteiger partial charge in [-0.05, 0) is 6.07 Å². The second kappa shape index (κ2) is 8.05. The molecule has 0 saturated heterocycles. The maximum absolute atomic E-state index is 11.4. The molecule has 1 aromatic carbocycles. The monoisotopic (exact) mass is 375 g/mol. The first-order valence-corrected chi connectivity index (χ1v) is 8.64. The lowest BCUT2D eigenvalue weighted by atomic mass is 10.3. The molecule has 0 aliphatic carbocycles. The number of carbonyl (C=O) groups is 1. The van der Waals surface area contributed by atoms with Gasteiger partial charge < -0.3 is 14.8 Å². The molecule has 0 heterocycles. The Hall–Kier alpha value is -0.730. The molecule has 21 heavy (non-hydrogen) atoms. The van der Waals surface area contributed by atoms with Gasteiger partial charge in [0.1, 0.15) is 10.6 Å². The number of benzene rings is 1. The average Bonchev–Trinajstić information content (AvgIpc) is 2.38. The fourth-order valence-electron chi connectivity index (χ4n) is 1.29. The lowest BCUT2D eigenvalue weighted by molar-refractivity contribution is -0.123. The fraction of sp³-hybridized carbons (Fsp3) is 0.364. The second-order valence-corrected chi connectivity index (χ2v) is 7.13. The number of ether oxygens (including phenoxy) is 2. The molecule has 0 radical (unpaired) electrons. The van der Waals surface area contributed by atoms with Crippen LogP contribution in [0.5, 0.6) is 5.75 Å². The summed E-state index contributed by atoms with van der Waals surface area (Å²) in [4.78, 5) is 11.1. The predicted molar refractivity (Wildman–Crippen MR) is 79.9 cm³/mol. The van der Waals surface area contributed by atoms with Crippen molar-refractivity contribution in [2.45, 2.75) is 4.90 Å². The SMILES string of the molecule is COCCNC(=O)COc1cc(Cl)c(S(=O)(=O)Cl)cc1Cl. The Morgan fingerprint density at radius 3 is 2.52 bits per heavy atom. The van der Waals surface area contributed by atoms with Crippen molar-refractivity contribution < 1.29 is 22.7 Å². The topological polar surface area (TPSA) is 81.7 Å². The van der Waals surface area contributed by atoms with E-state index in [1.165, 1.54) is 13.2 Å². The first-order chi connectivity index (χ1) is 9.75. The van der Waals surface area contributed by atoms with E-state index >= 15 is 0 Å². The summed E-state index contributed by atoms with van der Waals surface area (Å²) in [5, 5.41) is 2.37. The first kappa shape index (κ1) is 18.3. The third-order valence-corrected chi connectivity index (χ3v) is 4.32. The number of amides is 1. The van der Waals surface area contributed by atoms with Crippen LogP contribution in [0.15, 0.2) is 17.0 Å². The van der Waals surface area contributed by atoms with Crippen LogP contribution < -0.4 is 10.1 Å². The zero-order valence-electron chi connectivity index (χ0n) is 10.9. The molecular weight excluding hydrogens is 365 g/mol. The fourth-order valence-corrected chi connectivity index (χ4v) is 3.09. The van der Waals surface area contributed by atoms with E-state index in [0.717, 1.165) is 6.07 Å².